The zero-order valence-electron chi connectivity index (χ0n) is 19.8. The number of nitrogens with one attached hydrogen (secondary N) is 3. The molecule has 0 bridgehead atoms. The summed E-state index contributed by atoms with van der Waals surface area (Å²) in [4.78, 5) is 17.2. The largest absolute Gasteiger partial charge is 0.484 e. The number of benzene rings is 1. The van der Waals surface area contributed by atoms with Gasteiger partial charge >= 0.3 is 6.18 Å². The van der Waals surface area contributed by atoms with Crippen molar-refractivity contribution in [3.63, 3.8) is 0 Å². The Morgan fingerprint density at radius 2 is 1.89 bits per heavy atom. The third-order valence-corrected chi connectivity index (χ3v) is 5.88. The maximum absolute atomic E-state index is 12.7. The highest BCUT2D eigenvalue weighted by molar-refractivity contribution is 7.80. The fourth-order valence-electron chi connectivity index (χ4n) is 3.87. The van der Waals surface area contributed by atoms with Crippen LogP contribution in [0.25, 0.3) is 10.9 Å². The molecule has 2 aromatic rings. The summed E-state index contributed by atoms with van der Waals surface area (Å²) < 4.78 is 55.6. The van der Waals surface area contributed by atoms with E-state index in [1.165, 1.54) is 18.2 Å². The number of rotatable bonds is 5. The van der Waals surface area contributed by atoms with Crippen LogP contribution in [0, 0.1) is 6.92 Å². The summed E-state index contributed by atoms with van der Waals surface area (Å²) in [6.07, 6.45) is -4.06. The SMILES string of the molecule is Cc1cc(C(=O)NNC(=S)N[C@H]2C[C@](O)(CF)C2)nc2c(C(C)(C)C)cc(OCC(F)(F)F)cc12. The van der Waals surface area contributed by atoms with Crippen molar-refractivity contribution in [3.8, 4) is 5.75 Å². The first-order valence-electron chi connectivity index (χ1n) is 10.9. The minimum Gasteiger partial charge on any atom is -0.484 e. The molecule has 1 aromatic heterocycles. The van der Waals surface area contributed by atoms with E-state index in [1.807, 2.05) is 20.8 Å². The summed E-state index contributed by atoms with van der Waals surface area (Å²) in [5.74, 6) is -0.513. The van der Waals surface area contributed by atoms with Gasteiger partial charge in [-0.2, -0.15) is 13.2 Å². The fraction of sp³-hybridized carbons (Fsp3) is 0.522. The summed E-state index contributed by atoms with van der Waals surface area (Å²) in [6.45, 7) is 5.13. The number of carbonyl (C=O) groups excluding carboxylic acids is 1. The Balaban J connectivity index is 1.78. The molecular formula is C23H28F4N4O3S. The van der Waals surface area contributed by atoms with Crippen molar-refractivity contribution >= 4 is 34.1 Å². The maximum atomic E-state index is 12.7. The average Bonchev–Trinajstić information content (AvgIpc) is 2.73. The van der Waals surface area contributed by atoms with E-state index in [4.69, 9.17) is 17.0 Å². The second-order valence-electron chi connectivity index (χ2n) is 9.86. The van der Waals surface area contributed by atoms with Crippen molar-refractivity contribution in [2.45, 2.75) is 63.8 Å². The number of aryl methyl sites for hydroxylation is 1. The second-order valence-corrected chi connectivity index (χ2v) is 10.3. The Labute approximate surface area is 205 Å². The molecule has 0 unspecified atom stereocenters. The smallest absolute Gasteiger partial charge is 0.422 e. The van der Waals surface area contributed by atoms with Crippen molar-refractivity contribution < 1.29 is 32.2 Å². The zero-order valence-corrected chi connectivity index (χ0v) is 20.6. The molecule has 35 heavy (non-hydrogen) atoms. The Kier molecular flexibility index (Phi) is 7.47. The molecule has 0 spiro atoms. The van der Waals surface area contributed by atoms with Crippen LogP contribution in [0.4, 0.5) is 17.6 Å². The highest BCUT2D eigenvalue weighted by atomic mass is 32.1. The van der Waals surface area contributed by atoms with E-state index in [2.05, 4.69) is 21.2 Å². The molecule has 1 saturated carbocycles. The average molecular weight is 517 g/mol. The normalized spacial score (nSPS) is 20.2. The number of aromatic nitrogens is 1. The van der Waals surface area contributed by atoms with Crippen LogP contribution in [0.2, 0.25) is 0 Å². The highest BCUT2D eigenvalue weighted by Crippen LogP contribution is 2.35. The van der Waals surface area contributed by atoms with E-state index in [1.54, 1.807) is 6.92 Å². The van der Waals surface area contributed by atoms with E-state index >= 15 is 0 Å². The topological polar surface area (TPSA) is 95.5 Å². The summed E-state index contributed by atoms with van der Waals surface area (Å²) in [6, 6.07) is 4.30. The first-order valence-corrected chi connectivity index (χ1v) is 11.3. The summed E-state index contributed by atoms with van der Waals surface area (Å²) in [5.41, 5.74) is 4.98. The summed E-state index contributed by atoms with van der Waals surface area (Å²) >= 11 is 5.12. The van der Waals surface area contributed by atoms with Gasteiger partial charge in [-0.3, -0.25) is 15.6 Å². The van der Waals surface area contributed by atoms with Gasteiger partial charge in [0.05, 0.1) is 11.1 Å². The van der Waals surface area contributed by atoms with Gasteiger partial charge in [0, 0.05) is 11.4 Å². The van der Waals surface area contributed by atoms with E-state index in [0.717, 1.165) is 0 Å². The number of aliphatic hydroxyl groups is 1. The van der Waals surface area contributed by atoms with Crippen molar-refractivity contribution in [2.75, 3.05) is 13.3 Å². The molecule has 0 aliphatic heterocycles. The van der Waals surface area contributed by atoms with Gasteiger partial charge < -0.3 is 15.2 Å². The number of pyridine rings is 1. The minimum absolute atomic E-state index is 0.0654. The van der Waals surface area contributed by atoms with Crippen molar-refractivity contribution in [3.05, 3.63) is 35.0 Å². The van der Waals surface area contributed by atoms with Gasteiger partial charge in [0.25, 0.3) is 5.91 Å². The quantitative estimate of drug-likeness (QED) is 0.273. The molecule has 12 heteroatoms. The van der Waals surface area contributed by atoms with E-state index in [0.29, 0.717) is 22.0 Å². The van der Waals surface area contributed by atoms with Gasteiger partial charge in [-0.25, -0.2) is 9.37 Å². The molecule has 1 aliphatic rings. The number of hydrazine groups is 1. The lowest BCUT2D eigenvalue weighted by Crippen LogP contribution is -2.59. The van der Waals surface area contributed by atoms with Crippen LogP contribution >= 0.6 is 12.2 Å². The molecule has 1 amide bonds. The predicted octanol–water partition coefficient (Wildman–Crippen LogP) is 3.75. The molecule has 1 aromatic carbocycles. The summed E-state index contributed by atoms with van der Waals surface area (Å²) in [7, 11) is 0. The third kappa shape index (κ3) is 6.69. The molecule has 3 rings (SSSR count). The van der Waals surface area contributed by atoms with Crippen LogP contribution in [0.1, 0.15) is 55.2 Å². The van der Waals surface area contributed by atoms with Crippen molar-refractivity contribution in [1.82, 2.24) is 21.2 Å². The molecular weight excluding hydrogens is 488 g/mol. The van der Waals surface area contributed by atoms with E-state index < -0.39 is 36.4 Å². The van der Waals surface area contributed by atoms with Crippen LogP contribution in [0.5, 0.6) is 5.75 Å². The molecule has 0 saturated heterocycles. The number of carbonyl (C=O) groups is 1. The lowest BCUT2D eigenvalue weighted by atomic mass is 9.77. The standard InChI is InChI=1S/C23H28F4N4O3S/c1-12-5-17(19(32)30-31-20(35)28-13-8-22(33,9-13)10-24)29-18-15(12)6-14(34-11-23(25,26)27)7-16(18)21(2,3)4/h5-7,13,33H,8-11H2,1-4H3,(H,30,32)(H2,28,31,35)/t13-,22+. The number of ether oxygens (including phenoxy) is 1. The number of hydrogen-bond acceptors (Lipinski definition) is 5. The Morgan fingerprint density at radius 3 is 2.46 bits per heavy atom. The number of nitrogens with zero attached hydrogens (tertiary/aromatic N) is 1. The monoisotopic (exact) mass is 516 g/mol. The molecule has 7 nitrogen and oxygen atoms in total. The van der Waals surface area contributed by atoms with Crippen molar-refractivity contribution in [1.29, 1.82) is 0 Å². The third-order valence-electron chi connectivity index (χ3n) is 5.66. The Bertz CT molecular complexity index is 1130. The van der Waals surface area contributed by atoms with Crippen LogP contribution in [0.15, 0.2) is 18.2 Å². The van der Waals surface area contributed by atoms with Crippen LogP contribution < -0.4 is 20.9 Å². The first-order chi connectivity index (χ1) is 16.1. The predicted molar refractivity (Wildman–Crippen MR) is 127 cm³/mol. The van der Waals surface area contributed by atoms with Gasteiger partial charge in [0.2, 0.25) is 0 Å². The fourth-order valence-corrected chi connectivity index (χ4v) is 4.09. The highest BCUT2D eigenvalue weighted by Gasteiger charge is 2.43. The van der Waals surface area contributed by atoms with Gasteiger partial charge in [0.1, 0.15) is 18.1 Å². The first kappa shape index (κ1) is 26.9. The molecule has 192 valence electrons. The number of fused-ring (bicyclic) bond motifs is 1. The van der Waals surface area contributed by atoms with Crippen LogP contribution in [0.3, 0.4) is 0 Å². The maximum Gasteiger partial charge on any atom is 0.422 e. The van der Waals surface area contributed by atoms with Gasteiger partial charge in [0.15, 0.2) is 11.7 Å². The van der Waals surface area contributed by atoms with E-state index in [-0.39, 0.29) is 35.4 Å². The Hall–Kier alpha value is -2.73. The molecule has 1 fully saturated rings. The lowest BCUT2D eigenvalue weighted by Gasteiger charge is -2.42. The lowest BCUT2D eigenvalue weighted by molar-refractivity contribution is -0.153. The van der Waals surface area contributed by atoms with Gasteiger partial charge in [-0.1, -0.05) is 20.8 Å². The molecule has 1 heterocycles. The van der Waals surface area contributed by atoms with Gasteiger partial charge in [-0.05, 0) is 66.7 Å². The number of thiocarbonyl (C=S) groups is 1. The van der Waals surface area contributed by atoms with Crippen LogP contribution in [-0.2, 0) is 5.41 Å². The van der Waals surface area contributed by atoms with Gasteiger partial charge in [-0.15, -0.1) is 0 Å². The number of alkyl halides is 4. The van der Waals surface area contributed by atoms with Crippen molar-refractivity contribution in [2.24, 2.45) is 0 Å². The molecule has 1 aliphatic carbocycles. The second kappa shape index (κ2) is 9.73. The molecule has 0 radical (unpaired) electrons. The molecule has 0 atom stereocenters. The Morgan fingerprint density at radius 1 is 1.23 bits per heavy atom. The number of halogens is 4. The summed E-state index contributed by atoms with van der Waals surface area (Å²) in [5, 5.41) is 13.3. The minimum atomic E-state index is -4.47. The van der Waals surface area contributed by atoms with Crippen LogP contribution in [-0.4, -0.2) is 52.2 Å². The zero-order chi connectivity index (χ0) is 26.2. The van der Waals surface area contributed by atoms with E-state index in [9.17, 15) is 27.5 Å². The molecule has 4 N–H and O–H groups in total. The number of amides is 1. The number of hydrogen-bond donors (Lipinski definition) is 4.